The second-order valence-corrected chi connectivity index (χ2v) is 10.9. The lowest BCUT2D eigenvalue weighted by molar-refractivity contribution is -0.126. The van der Waals surface area contributed by atoms with Gasteiger partial charge in [-0.3, -0.25) is 4.79 Å². The minimum Gasteiger partial charge on any atom is -0.492 e. The quantitative estimate of drug-likeness (QED) is 0.663. The maximum atomic E-state index is 12.8. The number of carbonyl (C=O) groups is 1. The van der Waals surface area contributed by atoms with E-state index >= 15 is 0 Å². The van der Waals surface area contributed by atoms with Crippen molar-refractivity contribution in [1.82, 2.24) is 9.62 Å². The molecule has 0 saturated carbocycles. The predicted octanol–water partition coefficient (Wildman–Crippen LogP) is 3.58. The molecular weight excluding hydrogens is 412 g/mol. The van der Waals surface area contributed by atoms with E-state index in [0.29, 0.717) is 32.5 Å². The smallest absolute Gasteiger partial charge is 0.243 e. The highest BCUT2D eigenvalue weighted by molar-refractivity contribution is 7.89. The summed E-state index contributed by atoms with van der Waals surface area (Å²) < 4.78 is 32.8. The van der Waals surface area contributed by atoms with E-state index in [1.54, 1.807) is 30.3 Å². The van der Waals surface area contributed by atoms with Gasteiger partial charge in [0.05, 0.1) is 17.4 Å². The zero-order valence-corrected chi connectivity index (χ0v) is 19.3. The molecule has 1 N–H and O–H groups in total. The summed E-state index contributed by atoms with van der Waals surface area (Å²) in [4.78, 5) is 12.9. The largest absolute Gasteiger partial charge is 0.492 e. The van der Waals surface area contributed by atoms with Crippen LogP contribution in [0.5, 0.6) is 5.75 Å². The Kier molecular flexibility index (Phi) is 7.38. The summed E-state index contributed by atoms with van der Waals surface area (Å²) in [5, 5.41) is 2.88. The standard InChI is InChI=1S/C24H32N2O4S/c1-24(2,3)20-11-13-21(14-12-20)30-17-15-25-23(27)19-8-7-16-26(18-19)31(28,29)22-9-5-4-6-10-22/h4-6,9-14,19H,7-8,15-18H2,1-3H3,(H,25,27). The average molecular weight is 445 g/mol. The fraction of sp³-hybridized carbons (Fsp3) is 0.458. The number of ether oxygens (including phenoxy) is 1. The number of benzene rings is 2. The van der Waals surface area contributed by atoms with Crippen molar-refractivity contribution < 1.29 is 17.9 Å². The van der Waals surface area contributed by atoms with Gasteiger partial charge in [0, 0.05) is 13.1 Å². The van der Waals surface area contributed by atoms with Crippen LogP contribution in [-0.2, 0) is 20.2 Å². The number of nitrogens with zero attached hydrogens (tertiary/aromatic N) is 1. The van der Waals surface area contributed by atoms with Crippen molar-refractivity contribution in [3.63, 3.8) is 0 Å². The van der Waals surface area contributed by atoms with Crippen LogP contribution in [0.2, 0.25) is 0 Å². The Morgan fingerprint density at radius 1 is 1.10 bits per heavy atom. The highest BCUT2D eigenvalue weighted by atomic mass is 32.2. The molecule has 1 heterocycles. The van der Waals surface area contributed by atoms with Crippen LogP contribution in [0.3, 0.4) is 0 Å². The third-order valence-corrected chi connectivity index (χ3v) is 7.41. The lowest BCUT2D eigenvalue weighted by Gasteiger charge is -2.31. The topological polar surface area (TPSA) is 75.7 Å². The molecular formula is C24H32N2O4S. The van der Waals surface area contributed by atoms with Gasteiger partial charge in [-0.25, -0.2) is 8.42 Å². The number of nitrogens with one attached hydrogen (secondary N) is 1. The van der Waals surface area contributed by atoms with Gasteiger partial charge in [0.1, 0.15) is 12.4 Å². The van der Waals surface area contributed by atoms with Crippen molar-refractivity contribution in [2.75, 3.05) is 26.2 Å². The molecule has 0 aromatic heterocycles. The molecule has 0 spiro atoms. The first kappa shape index (κ1) is 23.3. The maximum absolute atomic E-state index is 12.8. The molecule has 1 aliphatic rings. The number of carbonyl (C=O) groups excluding carboxylic acids is 1. The van der Waals surface area contributed by atoms with E-state index in [0.717, 1.165) is 5.75 Å². The van der Waals surface area contributed by atoms with Crippen molar-refractivity contribution in [3.05, 3.63) is 60.2 Å². The van der Waals surface area contributed by atoms with E-state index in [9.17, 15) is 13.2 Å². The highest BCUT2D eigenvalue weighted by Gasteiger charge is 2.33. The number of hydrogen-bond acceptors (Lipinski definition) is 4. The normalized spacial score (nSPS) is 17.8. The van der Waals surface area contributed by atoms with Crippen molar-refractivity contribution in [2.24, 2.45) is 5.92 Å². The van der Waals surface area contributed by atoms with Gasteiger partial charge in [-0.1, -0.05) is 51.1 Å². The highest BCUT2D eigenvalue weighted by Crippen LogP contribution is 2.25. The van der Waals surface area contributed by atoms with Gasteiger partial charge in [0.25, 0.3) is 0 Å². The molecule has 1 saturated heterocycles. The molecule has 1 fully saturated rings. The van der Waals surface area contributed by atoms with Crippen LogP contribution in [0, 0.1) is 5.92 Å². The lowest BCUT2D eigenvalue weighted by atomic mass is 9.87. The van der Waals surface area contributed by atoms with E-state index in [1.807, 2.05) is 12.1 Å². The summed E-state index contributed by atoms with van der Waals surface area (Å²) in [5.41, 5.74) is 1.33. The van der Waals surface area contributed by atoms with Crippen LogP contribution >= 0.6 is 0 Å². The van der Waals surface area contributed by atoms with E-state index in [4.69, 9.17) is 4.74 Å². The summed E-state index contributed by atoms with van der Waals surface area (Å²) in [6, 6.07) is 16.4. The molecule has 3 rings (SSSR count). The molecule has 1 amide bonds. The molecule has 7 heteroatoms. The monoisotopic (exact) mass is 444 g/mol. The van der Waals surface area contributed by atoms with Crippen LogP contribution in [0.15, 0.2) is 59.5 Å². The summed E-state index contributed by atoms with van der Waals surface area (Å²) >= 11 is 0. The van der Waals surface area contributed by atoms with Crippen molar-refractivity contribution in [2.45, 2.75) is 43.9 Å². The van der Waals surface area contributed by atoms with Gasteiger partial charge < -0.3 is 10.1 Å². The Balaban J connectivity index is 1.47. The van der Waals surface area contributed by atoms with E-state index in [-0.39, 0.29) is 28.7 Å². The molecule has 1 unspecified atom stereocenters. The molecule has 2 aromatic rings. The van der Waals surface area contributed by atoms with Crippen LogP contribution in [-0.4, -0.2) is 44.9 Å². The molecule has 0 bridgehead atoms. The summed E-state index contributed by atoms with van der Waals surface area (Å²) in [6.45, 7) is 7.87. The van der Waals surface area contributed by atoms with Crippen molar-refractivity contribution in [1.29, 1.82) is 0 Å². The average Bonchev–Trinajstić information content (AvgIpc) is 2.77. The van der Waals surface area contributed by atoms with Crippen LogP contribution in [0.1, 0.15) is 39.2 Å². The number of rotatable bonds is 7. The van der Waals surface area contributed by atoms with Crippen molar-refractivity contribution >= 4 is 15.9 Å². The first-order valence-electron chi connectivity index (χ1n) is 10.7. The van der Waals surface area contributed by atoms with Gasteiger partial charge in [-0.2, -0.15) is 4.31 Å². The third-order valence-electron chi connectivity index (χ3n) is 5.53. The Morgan fingerprint density at radius 3 is 2.42 bits per heavy atom. The number of sulfonamides is 1. The van der Waals surface area contributed by atoms with E-state index in [2.05, 4.69) is 38.2 Å². The Labute approximate surface area is 185 Å². The Morgan fingerprint density at radius 2 is 1.77 bits per heavy atom. The van der Waals surface area contributed by atoms with Gasteiger partial charge >= 0.3 is 0 Å². The van der Waals surface area contributed by atoms with Crippen LogP contribution < -0.4 is 10.1 Å². The van der Waals surface area contributed by atoms with Gasteiger partial charge in [0.15, 0.2) is 0 Å². The molecule has 1 aliphatic heterocycles. The zero-order chi connectivity index (χ0) is 22.5. The molecule has 1 atom stereocenters. The maximum Gasteiger partial charge on any atom is 0.243 e. The van der Waals surface area contributed by atoms with Gasteiger partial charge in [-0.05, 0) is 48.1 Å². The van der Waals surface area contributed by atoms with Gasteiger partial charge in [0.2, 0.25) is 15.9 Å². The lowest BCUT2D eigenvalue weighted by Crippen LogP contribution is -2.45. The van der Waals surface area contributed by atoms with Crippen LogP contribution in [0.25, 0.3) is 0 Å². The minimum atomic E-state index is -3.58. The fourth-order valence-electron chi connectivity index (χ4n) is 3.65. The first-order chi connectivity index (χ1) is 14.7. The number of piperidine rings is 1. The second kappa shape index (κ2) is 9.83. The number of amides is 1. The predicted molar refractivity (Wildman–Crippen MR) is 122 cm³/mol. The molecule has 2 aromatic carbocycles. The molecule has 31 heavy (non-hydrogen) atoms. The SMILES string of the molecule is CC(C)(C)c1ccc(OCCNC(=O)C2CCCN(S(=O)(=O)c3ccccc3)C2)cc1. The zero-order valence-electron chi connectivity index (χ0n) is 18.5. The fourth-order valence-corrected chi connectivity index (χ4v) is 5.20. The third kappa shape index (κ3) is 6.08. The Bertz CT molecular complexity index is 967. The number of hydrogen-bond donors (Lipinski definition) is 1. The van der Waals surface area contributed by atoms with E-state index < -0.39 is 10.0 Å². The molecule has 0 radical (unpaired) electrons. The first-order valence-corrected chi connectivity index (χ1v) is 12.2. The van der Waals surface area contributed by atoms with Gasteiger partial charge in [-0.15, -0.1) is 0 Å². The summed E-state index contributed by atoms with van der Waals surface area (Å²) in [5.74, 6) is 0.290. The van der Waals surface area contributed by atoms with Crippen molar-refractivity contribution in [3.8, 4) is 5.75 Å². The molecule has 168 valence electrons. The second-order valence-electron chi connectivity index (χ2n) is 8.93. The molecule has 0 aliphatic carbocycles. The molecule has 6 nitrogen and oxygen atoms in total. The van der Waals surface area contributed by atoms with E-state index in [1.165, 1.54) is 9.87 Å². The van der Waals surface area contributed by atoms with Crippen LogP contribution in [0.4, 0.5) is 0 Å². The minimum absolute atomic E-state index is 0.0916. The summed E-state index contributed by atoms with van der Waals surface area (Å²) in [7, 11) is -3.58. The summed E-state index contributed by atoms with van der Waals surface area (Å²) in [6.07, 6.45) is 1.35. The Hall–Kier alpha value is -2.38.